The molecule has 1 aliphatic heterocycles. The lowest BCUT2D eigenvalue weighted by atomic mass is 10.1. The first-order valence-electron chi connectivity index (χ1n) is 12.0. The number of nitro groups is 1. The van der Waals surface area contributed by atoms with E-state index in [0.29, 0.717) is 12.4 Å². The van der Waals surface area contributed by atoms with Crippen molar-refractivity contribution in [3.63, 3.8) is 0 Å². The highest BCUT2D eigenvalue weighted by atomic mass is 16.6. The van der Waals surface area contributed by atoms with Gasteiger partial charge in [-0.25, -0.2) is 0 Å². The molecule has 1 saturated heterocycles. The van der Waals surface area contributed by atoms with Gasteiger partial charge in [0.15, 0.2) is 6.61 Å². The summed E-state index contributed by atoms with van der Waals surface area (Å²) < 4.78 is 10.7. The molecule has 1 fully saturated rings. The minimum Gasteiger partial charge on any atom is -0.484 e. The van der Waals surface area contributed by atoms with E-state index >= 15 is 0 Å². The molecule has 2 amide bonds. The number of carbonyl (C=O) groups excluding carboxylic acids is 3. The van der Waals surface area contributed by atoms with Crippen LogP contribution in [-0.4, -0.2) is 60.0 Å². The van der Waals surface area contributed by atoms with Gasteiger partial charge in [-0.1, -0.05) is 51.9 Å². The summed E-state index contributed by atoms with van der Waals surface area (Å²) in [5.41, 5.74) is -0.0862. The Morgan fingerprint density at radius 3 is 2.38 bits per heavy atom. The number of nitro benzene ring substituents is 1. The number of rotatable bonds is 15. The number of nitrogens with zero attached hydrogens (tertiary/aromatic N) is 2. The molecule has 0 bridgehead atoms. The molecule has 1 unspecified atom stereocenters. The number of hydrogen-bond acceptors (Lipinski definition) is 7. The Bertz CT molecular complexity index is 813. The molecule has 0 saturated carbocycles. The summed E-state index contributed by atoms with van der Waals surface area (Å²) in [5, 5.41) is 13.4. The number of carbonyl (C=O) groups is 3. The number of unbranched alkanes of at least 4 members (excludes halogenated alkanes) is 7. The van der Waals surface area contributed by atoms with E-state index in [2.05, 4.69) is 12.2 Å². The maximum Gasteiger partial charge on any atom is 0.308 e. The molecule has 34 heavy (non-hydrogen) atoms. The van der Waals surface area contributed by atoms with Crippen molar-refractivity contribution in [3.8, 4) is 5.75 Å². The molecule has 188 valence electrons. The van der Waals surface area contributed by atoms with Crippen molar-refractivity contribution in [1.82, 2.24) is 10.2 Å². The van der Waals surface area contributed by atoms with Gasteiger partial charge in [0.2, 0.25) is 5.91 Å². The summed E-state index contributed by atoms with van der Waals surface area (Å²) in [6.07, 6.45) is 8.87. The molecule has 1 aromatic carbocycles. The van der Waals surface area contributed by atoms with Crippen molar-refractivity contribution in [1.29, 1.82) is 0 Å². The van der Waals surface area contributed by atoms with Gasteiger partial charge in [0.05, 0.1) is 18.0 Å². The zero-order valence-corrected chi connectivity index (χ0v) is 19.8. The smallest absolute Gasteiger partial charge is 0.308 e. The first-order valence-corrected chi connectivity index (χ1v) is 12.0. The van der Waals surface area contributed by atoms with Crippen molar-refractivity contribution in [2.24, 2.45) is 0 Å². The standard InChI is InChI=1S/C24H35N3O7/c1-2-3-4-5-6-7-8-9-16-33-23(29)17-21-24(30)25-14-15-26(21)22(28)18-34-20-12-10-19(11-13-20)27(31)32/h10-13,21H,2-9,14-18H2,1H3,(H,25,30). The van der Waals surface area contributed by atoms with Gasteiger partial charge in [0, 0.05) is 25.2 Å². The second-order valence-corrected chi connectivity index (χ2v) is 8.33. The van der Waals surface area contributed by atoms with Crippen LogP contribution in [0.3, 0.4) is 0 Å². The summed E-state index contributed by atoms with van der Waals surface area (Å²) in [6.45, 7) is 2.68. The Morgan fingerprint density at radius 2 is 1.74 bits per heavy atom. The fourth-order valence-corrected chi connectivity index (χ4v) is 3.75. The lowest BCUT2D eigenvalue weighted by Gasteiger charge is -2.34. The van der Waals surface area contributed by atoms with Crippen LogP contribution in [0.1, 0.15) is 64.7 Å². The molecular weight excluding hydrogens is 442 g/mol. The lowest BCUT2D eigenvalue weighted by Crippen LogP contribution is -2.58. The SMILES string of the molecule is CCCCCCCCCCOC(=O)CC1C(=O)NCCN1C(=O)COc1ccc([N+](=O)[O-])cc1. The molecule has 1 heterocycles. The minimum atomic E-state index is -0.951. The zero-order valence-electron chi connectivity index (χ0n) is 19.8. The van der Waals surface area contributed by atoms with Crippen LogP contribution >= 0.6 is 0 Å². The molecule has 2 rings (SSSR count). The Morgan fingerprint density at radius 1 is 1.09 bits per heavy atom. The van der Waals surface area contributed by atoms with E-state index in [1.54, 1.807) is 0 Å². The first kappa shape index (κ1) is 27.1. The summed E-state index contributed by atoms with van der Waals surface area (Å²) in [5.74, 6) is -1.08. The van der Waals surface area contributed by atoms with Gasteiger partial charge in [-0.05, 0) is 18.6 Å². The van der Waals surface area contributed by atoms with Crippen molar-refractivity contribution in [3.05, 3.63) is 34.4 Å². The molecule has 0 spiro atoms. The molecule has 1 aliphatic rings. The van der Waals surface area contributed by atoms with E-state index in [1.807, 2.05) is 0 Å². The normalized spacial score (nSPS) is 15.5. The van der Waals surface area contributed by atoms with Crippen LogP contribution in [0, 0.1) is 10.1 Å². The molecule has 0 aliphatic carbocycles. The summed E-state index contributed by atoms with van der Waals surface area (Å²) in [7, 11) is 0. The monoisotopic (exact) mass is 477 g/mol. The van der Waals surface area contributed by atoms with Crippen molar-refractivity contribution in [2.45, 2.75) is 70.8 Å². The first-order chi connectivity index (χ1) is 16.4. The summed E-state index contributed by atoms with van der Waals surface area (Å²) >= 11 is 0. The predicted octanol–water partition coefficient (Wildman–Crippen LogP) is 3.37. The van der Waals surface area contributed by atoms with Gasteiger partial charge >= 0.3 is 5.97 Å². The number of nitrogens with one attached hydrogen (secondary N) is 1. The van der Waals surface area contributed by atoms with Gasteiger partial charge in [-0.2, -0.15) is 0 Å². The van der Waals surface area contributed by atoms with Crippen molar-refractivity contribution < 1.29 is 28.8 Å². The average molecular weight is 478 g/mol. The second-order valence-electron chi connectivity index (χ2n) is 8.33. The maximum atomic E-state index is 12.7. The number of benzene rings is 1. The van der Waals surface area contributed by atoms with Gasteiger partial charge in [0.25, 0.3) is 11.6 Å². The number of esters is 1. The fraction of sp³-hybridized carbons (Fsp3) is 0.625. The Kier molecular flexibility index (Phi) is 11.8. The average Bonchev–Trinajstić information content (AvgIpc) is 2.83. The van der Waals surface area contributed by atoms with E-state index in [0.717, 1.165) is 19.3 Å². The van der Waals surface area contributed by atoms with Crippen LogP contribution in [-0.2, 0) is 19.1 Å². The number of non-ortho nitro benzene ring substituents is 1. The number of ether oxygens (including phenoxy) is 2. The third kappa shape index (κ3) is 9.36. The number of hydrogen-bond donors (Lipinski definition) is 1. The molecule has 10 heteroatoms. The highest BCUT2D eigenvalue weighted by Crippen LogP contribution is 2.18. The van der Waals surface area contributed by atoms with E-state index in [1.165, 1.54) is 61.3 Å². The van der Waals surface area contributed by atoms with E-state index in [4.69, 9.17) is 9.47 Å². The van der Waals surface area contributed by atoms with Crippen LogP contribution in [0.5, 0.6) is 5.75 Å². The molecule has 10 nitrogen and oxygen atoms in total. The van der Waals surface area contributed by atoms with Crippen molar-refractivity contribution in [2.75, 3.05) is 26.3 Å². The molecule has 0 aromatic heterocycles. The predicted molar refractivity (Wildman–Crippen MR) is 125 cm³/mol. The van der Waals surface area contributed by atoms with Gasteiger partial charge in [0.1, 0.15) is 11.8 Å². The Labute approximate surface area is 200 Å². The van der Waals surface area contributed by atoms with E-state index in [-0.39, 0.29) is 31.8 Å². The van der Waals surface area contributed by atoms with Gasteiger partial charge in [-0.15, -0.1) is 0 Å². The minimum absolute atomic E-state index is 0.0862. The highest BCUT2D eigenvalue weighted by molar-refractivity contribution is 5.92. The molecular formula is C24H35N3O7. The second kappa shape index (κ2) is 14.9. The zero-order chi connectivity index (χ0) is 24.8. The number of piperazine rings is 1. The molecule has 1 aromatic rings. The van der Waals surface area contributed by atoms with Gasteiger partial charge < -0.3 is 19.7 Å². The van der Waals surface area contributed by atoms with Crippen molar-refractivity contribution >= 4 is 23.5 Å². The topological polar surface area (TPSA) is 128 Å². The largest absolute Gasteiger partial charge is 0.484 e. The van der Waals surface area contributed by atoms with E-state index in [9.17, 15) is 24.5 Å². The van der Waals surface area contributed by atoms with Crippen LogP contribution < -0.4 is 10.1 Å². The number of amides is 2. The van der Waals surface area contributed by atoms with Crippen LogP contribution in [0.25, 0.3) is 0 Å². The molecule has 1 atom stereocenters. The van der Waals surface area contributed by atoms with Crippen LogP contribution in [0.15, 0.2) is 24.3 Å². The van der Waals surface area contributed by atoms with E-state index < -0.39 is 28.7 Å². The maximum absolute atomic E-state index is 12.7. The molecule has 0 radical (unpaired) electrons. The molecule has 1 N–H and O–H groups in total. The summed E-state index contributed by atoms with van der Waals surface area (Å²) in [6, 6.07) is 4.40. The third-order valence-electron chi connectivity index (χ3n) is 5.68. The lowest BCUT2D eigenvalue weighted by molar-refractivity contribution is -0.384. The Hall–Kier alpha value is -3.17. The highest BCUT2D eigenvalue weighted by Gasteiger charge is 2.35. The summed E-state index contributed by atoms with van der Waals surface area (Å²) in [4.78, 5) is 48.8. The van der Waals surface area contributed by atoms with Crippen LogP contribution in [0.4, 0.5) is 5.69 Å². The quantitative estimate of drug-likeness (QED) is 0.177. The van der Waals surface area contributed by atoms with Gasteiger partial charge in [-0.3, -0.25) is 24.5 Å². The fourth-order valence-electron chi connectivity index (χ4n) is 3.75. The Balaban J connectivity index is 1.74. The van der Waals surface area contributed by atoms with Crippen LogP contribution in [0.2, 0.25) is 0 Å². The third-order valence-corrected chi connectivity index (χ3v) is 5.68.